The van der Waals surface area contributed by atoms with E-state index in [1.165, 1.54) is 0 Å². The number of alkyl halides is 1. The number of amidine groups is 1. The van der Waals surface area contributed by atoms with Gasteiger partial charge in [-0.05, 0) is 26.8 Å². The second-order valence-electron chi connectivity index (χ2n) is 7.81. The van der Waals surface area contributed by atoms with Crippen LogP contribution in [0.4, 0.5) is 19.3 Å². The first-order valence-corrected chi connectivity index (χ1v) is 8.90. The van der Waals surface area contributed by atoms with Crippen LogP contribution in [0.25, 0.3) is 0 Å². The van der Waals surface area contributed by atoms with Crippen LogP contribution in [-0.4, -0.2) is 48.6 Å². The lowest BCUT2D eigenvalue weighted by Gasteiger charge is -2.36. The zero-order valence-corrected chi connectivity index (χ0v) is 16.1. The number of ether oxygens (including phenoxy) is 3. The molecule has 1 fully saturated rings. The Hall–Kier alpha value is -2.82. The summed E-state index contributed by atoms with van der Waals surface area (Å²) in [5.41, 5.74) is -2.74. The van der Waals surface area contributed by atoms with Crippen LogP contribution in [0.15, 0.2) is 23.2 Å². The van der Waals surface area contributed by atoms with Gasteiger partial charge in [0.25, 0.3) is 11.7 Å². The molecule has 0 radical (unpaired) electrons. The fourth-order valence-corrected chi connectivity index (χ4v) is 3.41. The average molecular weight is 413 g/mol. The van der Waals surface area contributed by atoms with Crippen LogP contribution in [0, 0.1) is 21.8 Å². The third-order valence-electron chi connectivity index (χ3n) is 4.67. The van der Waals surface area contributed by atoms with Gasteiger partial charge in [-0.3, -0.25) is 10.1 Å². The molecule has 1 N–H and O–H groups in total. The van der Waals surface area contributed by atoms with Gasteiger partial charge < -0.3 is 14.2 Å². The number of alkyl carbamates (subject to hydrolysis) is 1. The van der Waals surface area contributed by atoms with Gasteiger partial charge in [0.2, 0.25) is 0 Å². The molecule has 29 heavy (non-hydrogen) atoms. The molecule has 1 amide bonds. The van der Waals surface area contributed by atoms with Crippen LogP contribution < -0.4 is 5.32 Å². The van der Waals surface area contributed by atoms with E-state index in [1.807, 2.05) is 0 Å². The van der Waals surface area contributed by atoms with Crippen molar-refractivity contribution in [3.05, 3.63) is 39.7 Å². The number of hydrogen-bond acceptors (Lipinski definition) is 7. The molecule has 9 nitrogen and oxygen atoms in total. The van der Waals surface area contributed by atoms with Gasteiger partial charge in [0, 0.05) is 17.7 Å². The minimum Gasteiger partial charge on any atom is -0.464 e. The molecule has 0 aromatic heterocycles. The van der Waals surface area contributed by atoms with Crippen LogP contribution in [0.5, 0.6) is 0 Å². The number of carbonyl (C=O) groups is 1. The summed E-state index contributed by atoms with van der Waals surface area (Å²) in [6.07, 6.45) is -1.77. The van der Waals surface area contributed by atoms with E-state index in [1.54, 1.807) is 20.8 Å². The van der Waals surface area contributed by atoms with Crippen molar-refractivity contribution in [2.75, 3.05) is 19.9 Å². The minimum absolute atomic E-state index is 0.126. The van der Waals surface area contributed by atoms with E-state index in [0.717, 1.165) is 18.2 Å². The molecular formula is C18H21F2N3O6. The second-order valence-corrected chi connectivity index (χ2v) is 7.81. The van der Waals surface area contributed by atoms with Crippen molar-refractivity contribution in [1.82, 2.24) is 5.32 Å². The van der Waals surface area contributed by atoms with Crippen molar-refractivity contribution < 1.29 is 32.7 Å². The molecule has 11 heteroatoms. The number of nitro benzene ring substituents is 1. The number of nitrogens with zero attached hydrogens (tertiary/aromatic N) is 2. The molecule has 1 saturated heterocycles. The lowest BCUT2D eigenvalue weighted by Crippen LogP contribution is -2.48. The number of aliphatic imine (C=N–C) groups is 1. The van der Waals surface area contributed by atoms with Crippen molar-refractivity contribution in [2.24, 2.45) is 10.9 Å². The average Bonchev–Trinajstić information content (AvgIpc) is 2.98. The summed E-state index contributed by atoms with van der Waals surface area (Å²) in [6.45, 7) is 3.78. The minimum atomic E-state index is -1.49. The summed E-state index contributed by atoms with van der Waals surface area (Å²) in [5, 5.41) is 13.5. The number of fused-ring (bicyclic) bond motifs is 1. The number of nitro groups is 1. The van der Waals surface area contributed by atoms with Gasteiger partial charge in [-0.15, -0.1) is 0 Å². The van der Waals surface area contributed by atoms with E-state index in [4.69, 9.17) is 14.2 Å². The molecule has 0 spiro atoms. The molecule has 0 saturated carbocycles. The van der Waals surface area contributed by atoms with Crippen molar-refractivity contribution in [1.29, 1.82) is 0 Å². The largest absolute Gasteiger partial charge is 0.464 e. The quantitative estimate of drug-likeness (QED) is 0.602. The van der Waals surface area contributed by atoms with E-state index in [0.29, 0.717) is 0 Å². The standard InChI is InChI=1S/C18H21F2N3O6/c1-17(2,3)29-16(24)21-15-22-18(9-28-14(7-19)12(18)8-27-15)11-6-10(23(25)26)4-5-13(11)20/h4-6,12,14H,7-9H2,1-3H3,(H,21,22,24). The predicted molar refractivity (Wildman–Crippen MR) is 96.7 cm³/mol. The van der Waals surface area contributed by atoms with Crippen molar-refractivity contribution in [2.45, 2.75) is 38.0 Å². The highest BCUT2D eigenvalue weighted by atomic mass is 19.1. The first kappa shape index (κ1) is 20.9. The van der Waals surface area contributed by atoms with Gasteiger partial charge in [0.05, 0.1) is 30.2 Å². The predicted octanol–water partition coefficient (Wildman–Crippen LogP) is 2.82. The summed E-state index contributed by atoms with van der Waals surface area (Å²) in [5.74, 6) is -1.50. The summed E-state index contributed by atoms with van der Waals surface area (Å²) >= 11 is 0. The molecule has 2 aliphatic heterocycles. The summed E-state index contributed by atoms with van der Waals surface area (Å²) in [7, 11) is 0. The Morgan fingerprint density at radius 3 is 2.83 bits per heavy atom. The number of benzene rings is 1. The Labute approximate surface area is 165 Å². The van der Waals surface area contributed by atoms with Gasteiger partial charge in [-0.1, -0.05) is 0 Å². The molecule has 0 aliphatic carbocycles. The molecule has 1 aromatic carbocycles. The molecule has 1 aromatic rings. The summed E-state index contributed by atoms with van der Waals surface area (Å²) < 4.78 is 44.1. The highest BCUT2D eigenvalue weighted by Crippen LogP contribution is 2.46. The molecule has 2 aliphatic rings. The van der Waals surface area contributed by atoms with Crippen LogP contribution in [-0.2, 0) is 19.7 Å². The summed E-state index contributed by atoms with van der Waals surface area (Å²) in [4.78, 5) is 26.8. The van der Waals surface area contributed by atoms with Crippen LogP contribution in [0.3, 0.4) is 0 Å². The first-order valence-electron chi connectivity index (χ1n) is 8.90. The van der Waals surface area contributed by atoms with Crippen LogP contribution >= 0.6 is 0 Å². The van der Waals surface area contributed by atoms with Gasteiger partial charge >= 0.3 is 6.09 Å². The normalized spacial score (nSPS) is 26.2. The SMILES string of the molecule is CC(C)(C)OC(=O)NC1=NC2(c3cc([N+](=O)[O-])ccc3F)COC(CF)C2CO1. The van der Waals surface area contributed by atoms with Gasteiger partial charge in [-0.25, -0.2) is 23.9 Å². The van der Waals surface area contributed by atoms with E-state index >= 15 is 0 Å². The monoisotopic (exact) mass is 413 g/mol. The number of carbonyl (C=O) groups excluding carboxylic acids is 1. The molecular weight excluding hydrogens is 392 g/mol. The van der Waals surface area contributed by atoms with E-state index < -0.39 is 46.7 Å². The molecule has 158 valence electrons. The third kappa shape index (κ3) is 4.14. The van der Waals surface area contributed by atoms with Crippen molar-refractivity contribution in [3.63, 3.8) is 0 Å². The second kappa shape index (κ2) is 7.54. The van der Waals surface area contributed by atoms with Gasteiger partial charge in [-0.2, -0.15) is 0 Å². The number of non-ortho nitro benzene ring substituents is 1. The Morgan fingerprint density at radius 1 is 1.48 bits per heavy atom. The number of hydrogen-bond donors (Lipinski definition) is 1. The Morgan fingerprint density at radius 2 is 2.21 bits per heavy atom. The molecule has 3 atom stereocenters. The van der Waals surface area contributed by atoms with Crippen molar-refractivity contribution in [3.8, 4) is 0 Å². The van der Waals surface area contributed by atoms with Crippen molar-refractivity contribution >= 4 is 17.8 Å². The van der Waals surface area contributed by atoms with E-state index in [9.17, 15) is 23.7 Å². The lowest BCUT2D eigenvalue weighted by atomic mass is 9.78. The van der Waals surface area contributed by atoms with Gasteiger partial charge in [0.15, 0.2) is 0 Å². The molecule has 2 heterocycles. The third-order valence-corrected chi connectivity index (χ3v) is 4.67. The van der Waals surface area contributed by atoms with E-state index in [2.05, 4.69) is 10.3 Å². The zero-order chi connectivity index (χ0) is 21.4. The topological polar surface area (TPSA) is 112 Å². The Bertz CT molecular complexity index is 856. The number of rotatable bonds is 3. The fraction of sp³-hybridized carbons (Fsp3) is 0.556. The highest BCUT2D eigenvalue weighted by Gasteiger charge is 2.55. The Kier molecular flexibility index (Phi) is 5.44. The molecule has 0 bridgehead atoms. The maximum Gasteiger partial charge on any atom is 0.415 e. The van der Waals surface area contributed by atoms with Crippen LogP contribution in [0.1, 0.15) is 26.3 Å². The first-order chi connectivity index (χ1) is 13.6. The maximum atomic E-state index is 14.7. The Balaban J connectivity index is 2.02. The highest BCUT2D eigenvalue weighted by molar-refractivity contribution is 5.91. The zero-order valence-electron chi connectivity index (χ0n) is 16.1. The number of nitrogens with one attached hydrogen (secondary N) is 1. The fourth-order valence-electron chi connectivity index (χ4n) is 3.41. The van der Waals surface area contributed by atoms with E-state index in [-0.39, 0.29) is 30.5 Å². The maximum absolute atomic E-state index is 14.7. The number of amides is 1. The van der Waals surface area contributed by atoms with Crippen LogP contribution in [0.2, 0.25) is 0 Å². The van der Waals surface area contributed by atoms with Gasteiger partial charge in [0.1, 0.15) is 23.6 Å². The molecule has 3 rings (SSSR count). The lowest BCUT2D eigenvalue weighted by molar-refractivity contribution is -0.385. The summed E-state index contributed by atoms with van der Waals surface area (Å²) in [6, 6.07) is 2.76. The number of halogens is 2. The smallest absolute Gasteiger partial charge is 0.415 e. The molecule has 3 unspecified atom stereocenters.